The molecule has 4 nitrogen and oxygen atoms in total. The largest absolute Gasteiger partial charge is 0.334 e. The van der Waals surface area contributed by atoms with Crippen LogP contribution in [-0.4, -0.2) is 21.1 Å². The van der Waals surface area contributed by atoms with Gasteiger partial charge in [-0.1, -0.05) is 0 Å². The fourth-order valence-corrected chi connectivity index (χ4v) is 4.19. The first-order chi connectivity index (χ1) is 10.3. The highest BCUT2D eigenvalue weighted by molar-refractivity contribution is 7.09. The van der Waals surface area contributed by atoms with Crippen molar-refractivity contribution >= 4 is 11.3 Å². The maximum Gasteiger partial charge on any atom is 0.113 e. The molecule has 0 spiro atoms. The molecular weight excluding hydrogens is 280 g/mol. The molecule has 0 saturated heterocycles. The topological polar surface area (TPSA) is 42.7 Å². The van der Waals surface area contributed by atoms with Gasteiger partial charge < -0.3 is 9.88 Å². The summed E-state index contributed by atoms with van der Waals surface area (Å²) < 4.78 is 2.33. The van der Waals surface area contributed by atoms with Crippen LogP contribution in [0, 0.1) is 6.92 Å². The lowest BCUT2D eigenvalue weighted by molar-refractivity contribution is 0.422. The van der Waals surface area contributed by atoms with Gasteiger partial charge in [0.15, 0.2) is 0 Å². The van der Waals surface area contributed by atoms with Crippen molar-refractivity contribution < 1.29 is 0 Å². The molecule has 0 amide bonds. The summed E-state index contributed by atoms with van der Waals surface area (Å²) in [5, 5.41) is 7.14. The van der Waals surface area contributed by atoms with Crippen LogP contribution in [0.5, 0.6) is 0 Å². The minimum absolute atomic E-state index is 0.550. The third-order valence-electron chi connectivity index (χ3n) is 4.44. The highest BCUT2D eigenvalue weighted by atomic mass is 32.1. The Balaban J connectivity index is 1.34. The summed E-state index contributed by atoms with van der Waals surface area (Å²) in [5.74, 6) is 2.59. The first-order valence-corrected chi connectivity index (χ1v) is 8.86. The summed E-state index contributed by atoms with van der Waals surface area (Å²) in [6.07, 6.45) is 7.37. The Bertz CT molecular complexity index is 626. The lowest BCUT2D eigenvalue weighted by atomic mass is 9.99. The number of hydrogen-bond donors (Lipinski definition) is 1. The molecule has 2 aromatic rings. The molecule has 1 N–H and O–H groups in total. The summed E-state index contributed by atoms with van der Waals surface area (Å²) in [7, 11) is 0. The van der Waals surface area contributed by atoms with Crippen LogP contribution in [-0.2, 0) is 13.1 Å². The van der Waals surface area contributed by atoms with Gasteiger partial charge >= 0.3 is 0 Å². The first kappa shape index (κ1) is 13.5. The van der Waals surface area contributed by atoms with E-state index in [1.165, 1.54) is 42.2 Å². The fraction of sp³-hybridized carbons (Fsp3) is 0.625. The first-order valence-electron chi connectivity index (χ1n) is 7.98. The van der Waals surface area contributed by atoms with Crippen LogP contribution in [0.2, 0.25) is 0 Å². The van der Waals surface area contributed by atoms with E-state index in [4.69, 9.17) is 9.97 Å². The van der Waals surface area contributed by atoms with E-state index in [9.17, 15) is 0 Å². The van der Waals surface area contributed by atoms with Crippen molar-refractivity contribution in [3.63, 3.8) is 0 Å². The fourth-order valence-electron chi connectivity index (χ4n) is 3.20. The molecule has 2 aliphatic rings. The van der Waals surface area contributed by atoms with E-state index >= 15 is 0 Å². The number of rotatable bonds is 5. The van der Waals surface area contributed by atoms with Crippen LogP contribution in [0.25, 0.3) is 0 Å². The van der Waals surface area contributed by atoms with E-state index in [2.05, 4.69) is 28.4 Å². The highest BCUT2D eigenvalue weighted by Crippen LogP contribution is 2.41. The monoisotopic (exact) mass is 302 g/mol. The average molecular weight is 302 g/mol. The smallest absolute Gasteiger partial charge is 0.113 e. The number of aryl methyl sites for hydroxylation is 2. The van der Waals surface area contributed by atoms with Crippen molar-refractivity contribution in [3.05, 3.63) is 33.8 Å². The Morgan fingerprint density at radius 3 is 3.10 bits per heavy atom. The number of thiazole rings is 1. The van der Waals surface area contributed by atoms with E-state index in [1.807, 2.05) is 11.3 Å². The lowest BCUT2D eigenvalue weighted by Gasteiger charge is -2.23. The van der Waals surface area contributed by atoms with Gasteiger partial charge in [0.2, 0.25) is 0 Å². The zero-order chi connectivity index (χ0) is 14.2. The van der Waals surface area contributed by atoms with Crippen LogP contribution in [0.4, 0.5) is 0 Å². The minimum atomic E-state index is 0.550. The van der Waals surface area contributed by atoms with Crippen LogP contribution in [0.15, 0.2) is 11.6 Å². The molecule has 1 aliphatic heterocycles. The van der Waals surface area contributed by atoms with Crippen molar-refractivity contribution in [1.82, 2.24) is 19.9 Å². The number of fused-ring (bicyclic) bond motifs is 1. The molecule has 0 aromatic carbocycles. The summed E-state index contributed by atoms with van der Waals surface area (Å²) in [4.78, 5) is 9.44. The second-order valence-electron chi connectivity index (χ2n) is 6.36. The lowest BCUT2D eigenvalue weighted by Crippen LogP contribution is -2.26. The van der Waals surface area contributed by atoms with E-state index in [1.54, 1.807) is 0 Å². The van der Waals surface area contributed by atoms with E-state index in [0.29, 0.717) is 5.92 Å². The van der Waals surface area contributed by atoms with Gasteiger partial charge in [0, 0.05) is 43.0 Å². The maximum atomic E-state index is 4.74. The third kappa shape index (κ3) is 2.90. The Kier molecular flexibility index (Phi) is 3.55. The Hall–Kier alpha value is -1.20. The average Bonchev–Trinajstić information content (AvgIpc) is 3.09. The number of imidazole rings is 1. The molecule has 5 heteroatoms. The SMILES string of the molecule is Cc1cn2c(n1)[C@H](CNCc1csc(C3CC3)n1)CCC2. The molecule has 1 aliphatic carbocycles. The predicted octanol–water partition coefficient (Wildman–Crippen LogP) is 3.19. The quantitative estimate of drug-likeness (QED) is 0.922. The predicted molar refractivity (Wildman–Crippen MR) is 84.7 cm³/mol. The molecule has 4 rings (SSSR count). The van der Waals surface area contributed by atoms with Gasteiger partial charge in [-0.05, 0) is 32.6 Å². The molecule has 2 aromatic heterocycles. The normalized spacial score (nSPS) is 21.5. The Morgan fingerprint density at radius 2 is 2.24 bits per heavy atom. The van der Waals surface area contributed by atoms with Gasteiger partial charge in [-0.2, -0.15) is 0 Å². The molecule has 0 bridgehead atoms. The second kappa shape index (κ2) is 5.54. The molecule has 112 valence electrons. The van der Waals surface area contributed by atoms with Gasteiger partial charge in [-0.3, -0.25) is 0 Å². The summed E-state index contributed by atoms with van der Waals surface area (Å²) in [6, 6.07) is 0. The summed E-state index contributed by atoms with van der Waals surface area (Å²) >= 11 is 1.83. The standard InChI is InChI=1S/C16H22N4S/c1-11-9-20-6-2-3-13(15(20)18-11)7-17-8-14-10-21-16(19-14)12-4-5-12/h9-10,12-13,17H,2-8H2,1H3/t13-/m0/s1. The van der Waals surface area contributed by atoms with Crippen molar-refractivity contribution in [1.29, 1.82) is 0 Å². The van der Waals surface area contributed by atoms with Gasteiger partial charge in [-0.15, -0.1) is 11.3 Å². The number of aromatic nitrogens is 3. The zero-order valence-corrected chi connectivity index (χ0v) is 13.3. The molecule has 21 heavy (non-hydrogen) atoms. The Morgan fingerprint density at radius 1 is 1.33 bits per heavy atom. The Labute approximate surface area is 129 Å². The van der Waals surface area contributed by atoms with E-state index in [0.717, 1.165) is 31.2 Å². The molecule has 1 saturated carbocycles. The van der Waals surface area contributed by atoms with Crippen LogP contribution >= 0.6 is 11.3 Å². The number of nitrogens with one attached hydrogen (secondary N) is 1. The van der Waals surface area contributed by atoms with E-state index in [-0.39, 0.29) is 0 Å². The molecule has 3 heterocycles. The number of hydrogen-bond acceptors (Lipinski definition) is 4. The third-order valence-corrected chi connectivity index (χ3v) is 5.49. The molecular formula is C16H22N4S. The van der Waals surface area contributed by atoms with Crippen LogP contribution in [0.1, 0.15) is 59.7 Å². The van der Waals surface area contributed by atoms with Gasteiger partial charge in [-0.25, -0.2) is 9.97 Å². The second-order valence-corrected chi connectivity index (χ2v) is 7.24. The van der Waals surface area contributed by atoms with Gasteiger partial charge in [0.05, 0.1) is 16.4 Å². The maximum absolute atomic E-state index is 4.74. The molecule has 0 radical (unpaired) electrons. The zero-order valence-electron chi connectivity index (χ0n) is 12.5. The van der Waals surface area contributed by atoms with Crippen LogP contribution < -0.4 is 5.32 Å². The summed E-state index contributed by atoms with van der Waals surface area (Å²) in [5.41, 5.74) is 2.35. The van der Waals surface area contributed by atoms with Crippen molar-refractivity contribution in [2.45, 2.75) is 57.5 Å². The minimum Gasteiger partial charge on any atom is -0.334 e. The summed E-state index contributed by atoms with van der Waals surface area (Å²) in [6.45, 7) is 5.11. The molecule has 1 atom stereocenters. The van der Waals surface area contributed by atoms with Crippen molar-refractivity contribution in [2.75, 3.05) is 6.54 Å². The van der Waals surface area contributed by atoms with E-state index < -0.39 is 0 Å². The molecule has 0 unspecified atom stereocenters. The number of nitrogens with zero attached hydrogens (tertiary/aromatic N) is 3. The van der Waals surface area contributed by atoms with Crippen molar-refractivity contribution in [3.8, 4) is 0 Å². The van der Waals surface area contributed by atoms with Crippen LogP contribution in [0.3, 0.4) is 0 Å². The van der Waals surface area contributed by atoms with Gasteiger partial charge in [0.25, 0.3) is 0 Å². The van der Waals surface area contributed by atoms with Crippen molar-refractivity contribution in [2.24, 2.45) is 0 Å². The van der Waals surface area contributed by atoms with Gasteiger partial charge in [0.1, 0.15) is 5.82 Å². The molecule has 1 fully saturated rings. The highest BCUT2D eigenvalue weighted by Gasteiger charge is 2.26.